The zero-order chi connectivity index (χ0) is 22.3. The third-order valence-corrected chi connectivity index (χ3v) is 8.58. The van der Waals surface area contributed by atoms with Crippen molar-refractivity contribution >= 4 is 14.1 Å². The van der Waals surface area contributed by atoms with Gasteiger partial charge in [0.25, 0.3) is 0 Å². The molecule has 4 heteroatoms. The summed E-state index contributed by atoms with van der Waals surface area (Å²) in [5.41, 5.74) is 2.46. The van der Waals surface area contributed by atoms with E-state index in [0.29, 0.717) is 0 Å². The summed E-state index contributed by atoms with van der Waals surface area (Å²) in [7, 11) is -0.849. The zero-order valence-electron chi connectivity index (χ0n) is 18.5. The summed E-state index contributed by atoms with van der Waals surface area (Å²) in [6, 6.07) is 31.3. The Hall–Kier alpha value is -2.79. The number of ketones is 1. The van der Waals surface area contributed by atoms with Crippen molar-refractivity contribution in [2.75, 3.05) is 13.7 Å². The monoisotopic (exact) mass is 430 g/mol. The molecule has 0 aliphatic heterocycles. The number of hydrogen-bond acceptors (Lipinski definition) is 3. The molecule has 0 N–H and O–H groups in total. The van der Waals surface area contributed by atoms with Gasteiger partial charge in [-0.05, 0) is 35.9 Å². The SMILES string of the molecule is C=CC(=O)CO[Si](C)(C)[C@@H](OC)C(c1ccccc1)(c1ccccc1)c1ccccc1. The second-order valence-electron chi connectivity index (χ2n) is 8.08. The van der Waals surface area contributed by atoms with Crippen molar-refractivity contribution < 1.29 is 14.0 Å². The highest BCUT2D eigenvalue weighted by molar-refractivity contribution is 6.73. The van der Waals surface area contributed by atoms with Gasteiger partial charge in [0.05, 0.1) is 17.7 Å². The van der Waals surface area contributed by atoms with Gasteiger partial charge >= 0.3 is 0 Å². The largest absolute Gasteiger partial charge is 0.407 e. The smallest absolute Gasteiger partial charge is 0.217 e. The van der Waals surface area contributed by atoms with Gasteiger partial charge in [0.15, 0.2) is 5.78 Å². The number of rotatable bonds is 10. The van der Waals surface area contributed by atoms with Gasteiger partial charge in [0, 0.05) is 7.11 Å². The van der Waals surface area contributed by atoms with E-state index in [2.05, 4.69) is 92.5 Å². The lowest BCUT2D eigenvalue weighted by atomic mass is 9.69. The van der Waals surface area contributed by atoms with Crippen LogP contribution in [0.15, 0.2) is 104 Å². The van der Waals surface area contributed by atoms with Crippen LogP contribution in [0.1, 0.15) is 16.7 Å². The van der Waals surface area contributed by atoms with Crippen LogP contribution >= 0.6 is 0 Å². The number of carbonyl (C=O) groups excluding carboxylic acids is 1. The molecule has 0 aliphatic carbocycles. The van der Waals surface area contributed by atoms with Crippen molar-refractivity contribution in [1.29, 1.82) is 0 Å². The topological polar surface area (TPSA) is 35.5 Å². The summed E-state index contributed by atoms with van der Waals surface area (Å²) in [6.07, 6.45) is 1.31. The fourth-order valence-corrected chi connectivity index (χ4v) is 7.21. The van der Waals surface area contributed by atoms with Crippen LogP contribution in [-0.4, -0.2) is 33.5 Å². The maximum absolute atomic E-state index is 12.0. The maximum Gasteiger partial charge on any atom is 0.217 e. The summed E-state index contributed by atoms with van der Waals surface area (Å²) in [5.74, 6) is -0.125. The third-order valence-electron chi connectivity index (χ3n) is 5.76. The van der Waals surface area contributed by atoms with Gasteiger partial charge in [-0.3, -0.25) is 4.79 Å². The van der Waals surface area contributed by atoms with Gasteiger partial charge in [-0.15, -0.1) is 0 Å². The lowest BCUT2D eigenvalue weighted by Crippen LogP contribution is -2.59. The first kappa shape index (κ1) is 22.9. The van der Waals surface area contributed by atoms with Gasteiger partial charge in [-0.1, -0.05) is 97.6 Å². The molecular formula is C27H30O3Si. The van der Waals surface area contributed by atoms with E-state index in [0.717, 1.165) is 16.7 Å². The molecule has 3 aromatic carbocycles. The first-order chi connectivity index (χ1) is 15.0. The van der Waals surface area contributed by atoms with Crippen molar-refractivity contribution in [2.45, 2.75) is 24.2 Å². The minimum Gasteiger partial charge on any atom is -0.407 e. The van der Waals surface area contributed by atoms with Crippen LogP contribution in [0.4, 0.5) is 0 Å². The first-order valence-electron chi connectivity index (χ1n) is 10.5. The number of hydrogen-bond donors (Lipinski definition) is 0. The maximum atomic E-state index is 12.0. The lowest BCUT2D eigenvalue weighted by molar-refractivity contribution is -0.116. The Kier molecular flexibility index (Phi) is 7.39. The van der Waals surface area contributed by atoms with Crippen LogP contribution in [0.3, 0.4) is 0 Å². The molecule has 160 valence electrons. The molecule has 0 bridgehead atoms. The average Bonchev–Trinajstić information content (AvgIpc) is 2.82. The van der Waals surface area contributed by atoms with E-state index in [4.69, 9.17) is 9.16 Å². The van der Waals surface area contributed by atoms with Crippen molar-refractivity contribution in [3.63, 3.8) is 0 Å². The van der Waals surface area contributed by atoms with Crippen molar-refractivity contribution in [3.8, 4) is 0 Å². The molecule has 0 saturated carbocycles. The van der Waals surface area contributed by atoms with E-state index in [1.54, 1.807) is 7.11 Å². The number of benzene rings is 3. The van der Waals surface area contributed by atoms with E-state index in [1.165, 1.54) is 6.08 Å². The molecule has 0 fully saturated rings. The highest BCUT2D eigenvalue weighted by Crippen LogP contribution is 2.46. The molecule has 0 aliphatic rings. The summed E-state index contributed by atoms with van der Waals surface area (Å²) in [4.78, 5) is 12.0. The predicted molar refractivity (Wildman–Crippen MR) is 129 cm³/mol. The van der Waals surface area contributed by atoms with Crippen LogP contribution in [0, 0.1) is 0 Å². The molecule has 0 saturated heterocycles. The third kappa shape index (κ3) is 4.61. The van der Waals surface area contributed by atoms with Crippen molar-refractivity contribution in [3.05, 3.63) is 120 Å². The van der Waals surface area contributed by atoms with Gasteiger partial charge in [0.1, 0.15) is 0 Å². The molecular weight excluding hydrogens is 400 g/mol. The van der Waals surface area contributed by atoms with Gasteiger partial charge in [0.2, 0.25) is 8.32 Å². The van der Waals surface area contributed by atoms with Crippen molar-refractivity contribution in [2.24, 2.45) is 0 Å². The molecule has 0 amide bonds. The highest BCUT2D eigenvalue weighted by atomic mass is 28.4. The second-order valence-corrected chi connectivity index (χ2v) is 12.1. The van der Waals surface area contributed by atoms with Crippen LogP contribution in [0.5, 0.6) is 0 Å². The fourth-order valence-electron chi connectivity index (χ4n) is 4.43. The molecule has 3 nitrogen and oxygen atoms in total. The van der Waals surface area contributed by atoms with E-state index >= 15 is 0 Å². The van der Waals surface area contributed by atoms with E-state index < -0.39 is 13.7 Å². The molecule has 0 aromatic heterocycles. The van der Waals surface area contributed by atoms with E-state index in [-0.39, 0.29) is 18.1 Å². The van der Waals surface area contributed by atoms with Crippen molar-refractivity contribution in [1.82, 2.24) is 0 Å². The number of carbonyl (C=O) groups is 1. The Labute approximate surface area is 186 Å². The normalized spacial score (nSPS) is 12.9. The first-order valence-corrected chi connectivity index (χ1v) is 13.4. The Morgan fingerprint density at radius 2 is 1.26 bits per heavy atom. The molecule has 31 heavy (non-hydrogen) atoms. The van der Waals surface area contributed by atoms with Crippen LogP contribution < -0.4 is 0 Å². The van der Waals surface area contributed by atoms with Crippen LogP contribution in [-0.2, 0) is 19.4 Å². The summed E-state index contributed by atoms with van der Waals surface area (Å²) >= 11 is 0. The molecule has 0 unspecified atom stereocenters. The zero-order valence-corrected chi connectivity index (χ0v) is 19.5. The average molecular weight is 431 g/mol. The minimum atomic E-state index is -2.59. The second kappa shape index (κ2) is 10.0. The quantitative estimate of drug-likeness (QED) is 0.240. The van der Waals surface area contributed by atoms with Gasteiger partial charge in [-0.25, -0.2) is 0 Å². The molecule has 3 rings (SSSR count). The van der Waals surface area contributed by atoms with E-state index in [9.17, 15) is 4.79 Å². The molecule has 0 heterocycles. The molecule has 0 spiro atoms. The van der Waals surface area contributed by atoms with Gasteiger partial charge < -0.3 is 9.16 Å². The number of ether oxygens (including phenoxy) is 1. The standard InChI is InChI=1S/C27H30O3Si/c1-5-25(28)21-30-31(3,4)26(29-2)27(22-15-9-6-10-16-22,23-17-11-7-12-18-23)24-19-13-8-14-20-24/h5-20,26H,1,21H2,2-4H3/t26-/m1/s1. The summed E-state index contributed by atoms with van der Waals surface area (Å²) < 4.78 is 12.6. The lowest BCUT2D eigenvalue weighted by Gasteiger charge is -2.47. The van der Waals surface area contributed by atoms with E-state index in [1.807, 2.05) is 18.2 Å². The molecule has 1 atom stereocenters. The summed E-state index contributed by atoms with van der Waals surface area (Å²) in [5, 5.41) is 0. The molecule has 3 aromatic rings. The Bertz CT molecular complexity index is 888. The number of methoxy groups -OCH3 is 1. The van der Waals surface area contributed by atoms with Crippen LogP contribution in [0.25, 0.3) is 0 Å². The molecule has 0 radical (unpaired) electrons. The fraction of sp³-hybridized carbons (Fsp3) is 0.222. The summed E-state index contributed by atoms with van der Waals surface area (Å²) in [6.45, 7) is 7.81. The predicted octanol–water partition coefficient (Wildman–Crippen LogP) is 5.55. The Morgan fingerprint density at radius 1 is 0.871 bits per heavy atom. The highest BCUT2D eigenvalue weighted by Gasteiger charge is 2.53. The Morgan fingerprint density at radius 3 is 1.58 bits per heavy atom. The van der Waals surface area contributed by atoms with Crippen LogP contribution in [0.2, 0.25) is 13.1 Å². The van der Waals surface area contributed by atoms with Gasteiger partial charge in [-0.2, -0.15) is 0 Å². The minimum absolute atomic E-state index is 0.0109. The Balaban J connectivity index is 2.30.